The first-order valence-electron chi connectivity index (χ1n) is 6.27. The Balaban J connectivity index is 1.56. The predicted octanol–water partition coefficient (Wildman–Crippen LogP) is 1.41. The van der Waals surface area contributed by atoms with Gasteiger partial charge in [-0.1, -0.05) is 12.8 Å². The van der Waals surface area contributed by atoms with E-state index in [4.69, 9.17) is 10.5 Å². The molecule has 15 heavy (non-hydrogen) atoms. The molecular weight excluding hydrogens is 188 g/mol. The van der Waals surface area contributed by atoms with E-state index in [1.54, 1.807) is 7.11 Å². The molecule has 0 aromatic rings. The highest BCUT2D eigenvalue weighted by Crippen LogP contribution is 2.30. The lowest BCUT2D eigenvalue weighted by Gasteiger charge is -2.35. The molecule has 88 valence electrons. The summed E-state index contributed by atoms with van der Waals surface area (Å²) in [6.45, 7) is 1.08. The van der Waals surface area contributed by atoms with Crippen LogP contribution in [0.5, 0.6) is 0 Å². The molecule has 3 N–H and O–H groups in total. The Morgan fingerprint density at radius 3 is 2.60 bits per heavy atom. The average Bonchev–Trinajstić information content (AvgIpc) is 2.57. The first-order chi connectivity index (χ1) is 7.22. The molecular formula is C12H24N2O. The zero-order valence-electron chi connectivity index (χ0n) is 9.80. The van der Waals surface area contributed by atoms with Gasteiger partial charge in [-0.2, -0.15) is 0 Å². The minimum atomic E-state index is 0.150. The minimum absolute atomic E-state index is 0.150. The molecule has 0 amide bonds. The van der Waals surface area contributed by atoms with E-state index < -0.39 is 0 Å². The fourth-order valence-corrected chi connectivity index (χ4v) is 2.78. The first kappa shape index (κ1) is 11.4. The molecule has 3 heteroatoms. The third-order valence-electron chi connectivity index (χ3n) is 4.08. The van der Waals surface area contributed by atoms with Crippen LogP contribution in [0.25, 0.3) is 0 Å². The molecule has 0 bridgehead atoms. The monoisotopic (exact) mass is 212 g/mol. The van der Waals surface area contributed by atoms with Crippen LogP contribution in [-0.2, 0) is 4.74 Å². The van der Waals surface area contributed by atoms with Crippen LogP contribution in [0.3, 0.4) is 0 Å². The van der Waals surface area contributed by atoms with E-state index in [0.717, 1.165) is 13.0 Å². The van der Waals surface area contributed by atoms with Gasteiger partial charge in [0.2, 0.25) is 0 Å². The lowest BCUT2D eigenvalue weighted by atomic mass is 9.88. The highest BCUT2D eigenvalue weighted by Gasteiger charge is 2.31. The highest BCUT2D eigenvalue weighted by molar-refractivity contribution is 4.91. The second kappa shape index (κ2) is 4.81. The third kappa shape index (κ3) is 2.92. The molecule has 2 fully saturated rings. The summed E-state index contributed by atoms with van der Waals surface area (Å²) < 4.78 is 5.25. The average molecular weight is 212 g/mol. The SMILES string of the molecule is COC1CC(NCCC2(N)CCCC2)C1. The Bertz CT molecular complexity index is 196. The van der Waals surface area contributed by atoms with Crippen LogP contribution in [0.1, 0.15) is 44.9 Å². The Kier molecular flexibility index (Phi) is 3.65. The number of hydrogen-bond donors (Lipinski definition) is 2. The second-order valence-corrected chi connectivity index (χ2v) is 5.30. The molecule has 2 rings (SSSR count). The molecule has 0 saturated heterocycles. The normalized spacial score (nSPS) is 34.0. The molecule has 2 aliphatic rings. The van der Waals surface area contributed by atoms with Gasteiger partial charge in [0.15, 0.2) is 0 Å². The molecule has 0 aliphatic heterocycles. The van der Waals surface area contributed by atoms with Crippen molar-refractivity contribution >= 4 is 0 Å². The summed E-state index contributed by atoms with van der Waals surface area (Å²) in [6, 6.07) is 0.681. The summed E-state index contributed by atoms with van der Waals surface area (Å²) in [5.41, 5.74) is 6.44. The fraction of sp³-hybridized carbons (Fsp3) is 1.00. The molecule has 0 aromatic heterocycles. The number of nitrogens with one attached hydrogen (secondary N) is 1. The van der Waals surface area contributed by atoms with E-state index in [2.05, 4.69) is 5.32 Å². The van der Waals surface area contributed by atoms with Crippen molar-refractivity contribution in [2.24, 2.45) is 5.73 Å². The zero-order valence-corrected chi connectivity index (χ0v) is 9.80. The fourth-order valence-electron chi connectivity index (χ4n) is 2.78. The van der Waals surface area contributed by atoms with E-state index in [0.29, 0.717) is 12.1 Å². The number of hydrogen-bond acceptors (Lipinski definition) is 3. The molecule has 2 aliphatic carbocycles. The molecule has 0 spiro atoms. The molecule has 3 nitrogen and oxygen atoms in total. The topological polar surface area (TPSA) is 47.3 Å². The Labute approximate surface area is 92.7 Å². The molecule has 0 radical (unpaired) electrons. The Morgan fingerprint density at radius 1 is 1.33 bits per heavy atom. The molecule has 0 heterocycles. The van der Waals surface area contributed by atoms with Gasteiger partial charge in [0.25, 0.3) is 0 Å². The van der Waals surface area contributed by atoms with Crippen LogP contribution in [-0.4, -0.2) is 31.3 Å². The van der Waals surface area contributed by atoms with E-state index in [1.165, 1.54) is 38.5 Å². The van der Waals surface area contributed by atoms with Gasteiger partial charge in [-0.05, 0) is 38.6 Å². The largest absolute Gasteiger partial charge is 0.381 e. The maximum Gasteiger partial charge on any atom is 0.0601 e. The lowest BCUT2D eigenvalue weighted by molar-refractivity contribution is 0.0171. The van der Waals surface area contributed by atoms with Gasteiger partial charge in [0, 0.05) is 18.7 Å². The van der Waals surface area contributed by atoms with Crippen LogP contribution in [0.2, 0.25) is 0 Å². The van der Waals surface area contributed by atoms with E-state index in [9.17, 15) is 0 Å². The van der Waals surface area contributed by atoms with Crippen LogP contribution in [0.15, 0.2) is 0 Å². The predicted molar refractivity (Wildman–Crippen MR) is 61.8 cm³/mol. The first-order valence-corrected chi connectivity index (χ1v) is 6.27. The second-order valence-electron chi connectivity index (χ2n) is 5.30. The summed E-state index contributed by atoms with van der Waals surface area (Å²) in [7, 11) is 1.80. The number of nitrogens with two attached hydrogens (primary N) is 1. The van der Waals surface area contributed by atoms with Gasteiger partial charge in [0.05, 0.1) is 6.10 Å². The van der Waals surface area contributed by atoms with Crippen molar-refractivity contribution < 1.29 is 4.74 Å². The quantitative estimate of drug-likeness (QED) is 0.724. The van der Waals surface area contributed by atoms with Crippen molar-refractivity contribution in [2.75, 3.05) is 13.7 Å². The van der Waals surface area contributed by atoms with Gasteiger partial charge in [-0.3, -0.25) is 0 Å². The van der Waals surface area contributed by atoms with Crippen molar-refractivity contribution in [1.82, 2.24) is 5.32 Å². The van der Waals surface area contributed by atoms with Crippen molar-refractivity contribution in [3.8, 4) is 0 Å². The van der Waals surface area contributed by atoms with E-state index in [-0.39, 0.29) is 5.54 Å². The summed E-state index contributed by atoms with van der Waals surface area (Å²) in [6.07, 6.45) is 9.08. The number of ether oxygens (including phenoxy) is 1. The van der Waals surface area contributed by atoms with Gasteiger partial charge in [-0.15, -0.1) is 0 Å². The van der Waals surface area contributed by atoms with E-state index in [1.807, 2.05) is 0 Å². The summed E-state index contributed by atoms with van der Waals surface area (Å²) in [5.74, 6) is 0. The summed E-state index contributed by atoms with van der Waals surface area (Å²) in [4.78, 5) is 0. The van der Waals surface area contributed by atoms with Crippen LogP contribution < -0.4 is 11.1 Å². The molecule has 0 aromatic carbocycles. The highest BCUT2D eigenvalue weighted by atomic mass is 16.5. The number of methoxy groups -OCH3 is 1. The van der Waals surface area contributed by atoms with Crippen LogP contribution in [0.4, 0.5) is 0 Å². The summed E-state index contributed by atoms with van der Waals surface area (Å²) in [5, 5.41) is 3.58. The zero-order chi connectivity index (χ0) is 10.7. The summed E-state index contributed by atoms with van der Waals surface area (Å²) >= 11 is 0. The third-order valence-corrected chi connectivity index (χ3v) is 4.08. The molecule has 0 unspecified atom stereocenters. The number of rotatable bonds is 5. The van der Waals surface area contributed by atoms with Crippen molar-refractivity contribution in [3.63, 3.8) is 0 Å². The van der Waals surface area contributed by atoms with Crippen molar-refractivity contribution in [2.45, 2.75) is 62.6 Å². The maximum absolute atomic E-state index is 6.29. The standard InChI is InChI=1S/C12H24N2O/c1-15-11-8-10(9-11)14-7-6-12(13)4-2-3-5-12/h10-11,14H,2-9,13H2,1H3. The van der Waals surface area contributed by atoms with Crippen LogP contribution in [0, 0.1) is 0 Å². The minimum Gasteiger partial charge on any atom is -0.381 e. The van der Waals surface area contributed by atoms with Gasteiger partial charge >= 0.3 is 0 Å². The Morgan fingerprint density at radius 2 is 2.00 bits per heavy atom. The lowest BCUT2D eigenvalue weighted by Crippen LogP contribution is -2.47. The molecule has 2 saturated carbocycles. The maximum atomic E-state index is 6.29. The van der Waals surface area contributed by atoms with Gasteiger partial charge < -0.3 is 15.8 Å². The van der Waals surface area contributed by atoms with Crippen LogP contribution >= 0.6 is 0 Å². The smallest absolute Gasteiger partial charge is 0.0601 e. The Hall–Kier alpha value is -0.120. The van der Waals surface area contributed by atoms with Crippen molar-refractivity contribution in [1.29, 1.82) is 0 Å². The van der Waals surface area contributed by atoms with Gasteiger partial charge in [0.1, 0.15) is 0 Å². The van der Waals surface area contributed by atoms with E-state index >= 15 is 0 Å². The van der Waals surface area contributed by atoms with Gasteiger partial charge in [-0.25, -0.2) is 0 Å². The molecule has 0 atom stereocenters. The van der Waals surface area contributed by atoms with Crippen molar-refractivity contribution in [3.05, 3.63) is 0 Å².